The van der Waals surface area contributed by atoms with Crippen molar-refractivity contribution in [1.82, 2.24) is 0 Å². The number of carbonyl (C=O) groups is 1. The lowest BCUT2D eigenvalue weighted by molar-refractivity contribution is -0.197. The van der Waals surface area contributed by atoms with Crippen molar-refractivity contribution in [2.24, 2.45) is 0 Å². The van der Waals surface area contributed by atoms with Gasteiger partial charge in [0.05, 0.1) is 6.61 Å². The van der Waals surface area contributed by atoms with Crippen LogP contribution in [0.15, 0.2) is 12.7 Å². The topological polar surface area (TPSA) is 107 Å². The van der Waals surface area contributed by atoms with E-state index in [9.17, 15) is 4.79 Å². The summed E-state index contributed by atoms with van der Waals surface area (Å²) >= 11 is 0. The first kappa shape index (κ1) is 12.0. The number of esters is 1. The van der Waals surface area contributed by atoms with Crippen LogP contribution >= 0.6 is 0 Å². The fraction of sp³-hybridized carbons (Fsp3) is 0.571. The van der Waals surface area contributed by atoms with Gasteiger partial charge in [-0.3, -0.25) is 0 Å². The zero-order valence-electron chi connectivity index (χ0n) is 6.83. The maximum absolute atomic E-state index is 10.5. The second kappa shape index (κ2) is 5.65. The number of rotatable bonds is 5. The molecule has 1 unspecified atom stereocenters. The molecule has 76 valence electrons. The average Bonchev–Trinajstić information content (AvgIpc) is 2.14. The van der Waals surface area contributed by atoms with E-state index >= 15 is 0 Å². The lowest BCUT2D eigenvalue weighted by Crippen LogP contribution is -2.41. The van der Waals surface area contributed by atoms with E-state index in [2.05, 4.69) is 11.3 Å². The highest BCUT2D eigenvalue weighted by Crippen LogP contribution is 2.01. The van der Waals surface area contributed by atoms with Gasteiger partial charge in [0.15, 0.2) is 0 Å². The van der Waals surface area contributed by atoms with Gasteiger partial charge in [-0.1, -0.05) is 6.58 Å². The Morgan fingerprint density at radius 2 is 2.00 bits per heavy atom. The number of ether oxygens (including phenoxy) is 1. The van der Waals surface area contributed by atoms with Crippen molar-refractivity contribution in [2.45, 2.75) is 18.5 Å². The minimum Gasteiger partial charge on any atom is -0.430 e. The molecule has 4 N–H and O–H groups in total. The minimum absolute atomic E-state index is 0.746. The summed E-state index contributed by atoms with van der Waals surface area (Å²) in [5, 5.41) is 35.0. The summed E-state index contributed by atoms with van der Waals surface area (Å²) in [7, 11) is 0. The number of hydrogen-bond acceptors (Lipinski definition) is 6. The molecule has 6 nitrogen and oxygen atoms in total. The van der Waals surface area contributed by atoms with E-state index < -0.39 is 31.1 Å². The largest absolute Gasteiger partial charge is 0.430 e. The van der Waals surface area contributed by atoms with E-state index in [0.717, 1.165) is 6.08 Å². The highest BCUT2D eigenvalue weighted by Gasteiger charge is 2.26. The van der Waals surface area contributed by atoms with Crippen LogP contribution in [0, 0.1) is 0 Å². The molecule has 0 aliphatic rings. The Hall–Kier alpha value is -0.950. The van der Waals surface area contributed by atoms with E-state index in [4.69, 9.17) is 20.4 Å². The van der Waals surface area contributed by atoms with Crippen molar-refractivity contribution in [3.8, 4) is 0 Å². The molecule has 3 atom stereocenters. The molecule has 0 saturated heterocycles. The van der Waals surface area contributed by atoms with Gasteiger partial charge in [-0.15, -0.1) is 0 Å². The third-order valence-corrected chi connectivity index (χ3v) is 1.28. The summed E-state index contributed by atoms with van der Waals surface area (Å²) in [6.45, 7) is 2.31. The average molecular weight is 192 g/mol. The van der Waals surface area contributed by atoms with Crippen LogP contribution in [0.2, 0.25) is 0 Å². The highest BCUT2D eigenvalue weighted by molar-refractivity contribution is 5.81. The first-order valence-electron chi connectivity index (χ1n) is 3.51. The first-order valence-corrected chi connectivity index (χ1v) is 3.51. The molecule has 13 heavy (non-hydrogen) atoms. The van der Waals surface area contributed by atoms with Crippen molar-refractivity contribution in [3.05, 3.63) is 12.7 Å². The summed E-state index contributed by atoms with van der Waals surface area (Å²) in [4.78, 5) is 10.5. The van der Waals surface area contributed by atoms with Crippen LogP contribution in [-0.2, 0) is 9.53 Å². The molecule has 0 radical (unpaired) electrons. The van der Waals surface area contributed by atoms with Gasteiger partial charge in [-0.25, -0.2) is 4.79 Å². The third kappa shape index (κ3) is 4.00. The lowest BCUT2D eigenvalue weighted by Gasteiger charge is -2.20. The van der Waals surface area contributed by atoms with Crippen molar-refractivity contribution in [2.75, 3.05) is 6.61 Å². The summed E-state index contributed by atoms with van der Waals surface area (Å²) < 4.78 is 4.16. The summed E-state index contributed by atoms with van der Waals surface area (Å²) in [5.41, 5.74) is 0. The molecule has 0 aromatic carbocycles. The van der Waals surface area contributed by atoms with Crippen molar-refractivity contribution >= 4 is 5.97 Å². The summed E-state index contributed by atoms with van der Waals surface area (Å²) in [5.74, 6) is -0.934. The Balaban J connectivity index is 4.02. The van der Waals surface area contributed by atoms with Crippen LogP contribution < -0.4 is 0 Å². The van der Waals surface area contributed by atoms with E-state index in [0.29, 0.717) is 0 Å². The van der Waals surface area contributed by atoms with Crippen molar-refractivity contribution in [3.63, 3.8) is 0 Å². The van der Waals surface area contributed by atoms with Gasteiger partial charge in [0.2, 0.25) is 6.29 Å². The maximum atomic E-state index is 10.5. The van der Waals surface area contributed by atoms with Gasteiger partial charge in [0.1, 0.15) is 12.2 Å². The molecule has 0 rings (SSSR count). The molecule has 0 aromatic heterocycles. The minimum atomic E-state index is -1.88. The van der Waals surface area contributed by atoms with E-state index in [1.54, 1.807) is 0 Å². The molecule has 0 aliphatic carbocycles. The smallest absolute Gasteiger partial charge is 0.332 e. The molecule has 0 aliphatic heterocycles. The molecule has 0 heterocycles. The van der Waals surface area contributed by atoms with Crippen molar-refractivity contribution in [1.29, 1.82) is 0 Å². The molecule has 0 bridgehead atoms. The van der Waals surface area contributed by atoms with Crippen LogP contribution in [-0.4, -0.2) is 51.5 Å². The molecule has 0 amide bonds. The quantitative estimate of drug-likeness (QED) is 0.223. The molecule has 0 spiro atoms. The molecule has 0 fully saturated rings. The predicted molar refractivity (Wildman–Crippen MR) is 41.4 cm³/mol. The zero-order chi connectivity index (χ0) is 10.4. The van der Waals surface area contributed by atoms with Crippen LogP contribution in [0.25, 0.3) is 0 Å². The van der Waals surface area contributed by atoms with Gasteiger partial charge in [0.25, 0.3) is 0 Å². The SMILES string of the molecule is C=CC(=O)OC(O)[C@@H](O)[C@@H](O)CO. The normalized spacial score (nSPS) is 17.2. The van der Waals surface area contributed by atoms with E-state index in [-0.39, 0.29) is 0 Å². The number of aliphatic hydroxyl groups is 4. The van der Waals surface area contributed by atoms with Gasteiger partial charge in [0, 0.05) is 6.08 Å². The Morgan fingerprint density at radius 1 is 1.46 bits per heavy atom. The zero-order valence-corrected chi connectivity index (χ0v) is 6.83. The predicted octanol–water partition coefficient (Wildman–Crippen LogP) is -2.25. The molecular weight excluding hydrogens is 180 g/mol. The maximum Gasteiger partial charge on any atom is 0.332 e. The standard InChI is InChI=1S/C7H12O6/c1-2-5(10)13-7(12)6(11)4(9)3-8/h2,4,6-9,11-12H,1,3H2/t4-,6-,7?/m0/s1. The van der Waals surface area contributed by atoms with Crippen LogP contribution in [0.1, 0.15) is 0 Å². The van der Waals surface area contributed by atoms with Crippen LogP contribution in [0.4, 0.5) is 0 Å². The van der Waals surface area contributed by atoms with Gasteiger partial charge in [-0.2, -0.15) is 0 Å². The summed E-state index contributed by atoms with van der Waals surface area (Å²) in [6.07, 6.45) is -4.39. The highest BCUT2D eigenvalue weighted by atomic mass is 16.6. The Labute approximate surface area is 74.7 Å². The van der Waals surface area contributed by atoms with Crippen LogP contribution in [0.3, 0.4) is 0 Å². The van der Waals surface area contributed by atoms with E-state index in [1.807, 2.05) is 0 Å². The third-order valence-electron chi connectivity index (χ3n) is 1.28. The Bertz CT molecular complexity index is 180. The van der Waals surface area contributed by atoms with Crippen molar-refractivity contribution < 1.29 is 30.0 Å². The molecular formula is C7H12O6. The van der Waals surface area contributed by atoms with Gasteiger partial charge in [-0.05, 0) is 0 Å². The summed E-state index contributed by atoms with van der Waals surface area (Å²) in [6, 6.07) is 0. The number of carbonyl (C=O) groups excluding carboxylic acids is 1. The number of hydrogen-bond donors (Lipinski definition) is 4. The Kier molecular flexibility index (Phi) is 5.24. The second-order valence-electron chi connectivity index (χ2n) is 2.27. The lowest BCUT2D eigenvalue weighted by atomic mass is 10.2. The molecule has 0 saturated carbocycles. The number of aliphatic hydroxyl groups excluding tert-OH is 4. The second-order valence-corrected chi connectivity index (χ2v) is 2.27. The van der Waals surface area contributed by atoms with E-state index in [1.165, 1.54) is 0 Å². The van der Waals surface area contributed by atoms with Gasteiger partial charge < -0.3 is 25.2 Å². The molecule has 0 aromatic rings. The van der Waals surface area contributed by atoms with Gasteiger partial charge >= 0.3 is 5.97 Å². The monoisotopic (exact) mass is 192 g/mol. The van der Waals surface area contributed by atoms with Crippen LogP contribution in [0.5, 0.6) is 0 Å². The fourth-order valence-electron chi connectivity index (χ4n) is 0.535. The molecule has 6 heteroatoms. The fourth-order valence-corrected chi connectivity index (χ4v) is 0.535. The first-order chi connectivity index (χ1) is 6.02. The Morgan fingerprint density at radius 3 is 2.38 bits per heavy atom.